The second-order valence-corrected chi connectivity index (χ2v) is 12.0. The molecule has 6 nitrogen and oxygen atoms in total. The minimum Gasteiger partial charge on any atom is -0.354 e. The summed E-state index contributed by atoms with van der Waals surface area (Å²) in [7, 11) is -3.63. The van der Waals surface area contributed by atoms with Crippen molar-refractivity contribution in [2.24, 2.45) is 11.8 Å². The lowest BCUT2D eigenvalue weighted by Crippen LogP contribution is -2.42. The number of Topliss-reactive ketones (excluding diaryl/α,β-unsaturated/α-hetero) is 1. The molecule has 2 unspecified atom stereocenters. The number of nitrogens with one attached hydrogen (secondary N) is 1. The average molecular weight is 472 g/mol. The SMILES string of the molecule is Cc1cc(C)c2nc(NCC(=O)c3cccc(S(=O)(=O)N4CC(C)CC(C)C4)c3)sc2c1. The van der Waals surface area contributed by atoms with Crippen molar-refractivity contribution in [1.82, 2.24) is 9.29 Å². The van der Waals surface area contributed by atoms with E-state index in [0.717, 1.165) is 22.2 Å². The molecular formula is C24H29N3O3S2. The van der Waals surface area contributed by atoms with E-state index in [0.29, 0.717) is 35.6 Å². The van der Waals surface area contributed by atoms with Gasteiger partial charge in [0.15, 0.2) is 10.9 Å². The van der Waals surface area contributed by atoms with Gasteiger partial charge in [-0.15, -0.1) is 0 Å². The molecule has 2 atom stereocenters. The van der Waals surface area contributed by atoms with E-state index in [9.17, 15) is 13.2 Å². The lowest BCUT2D eigenvalue weighted by atomic mass is 9.94. The highest BCUT2D eigenvalue weighted by Gasteiger charge is 2.32. The highest BCUT2D eigenvalue weighted by atomic mass is 32.2. The molecule has 0 saturated carbocycles. The molecule has 0 radical (unpaired) electrons. The van der Waals surface area contributed by atoms with E-state index in [1.165, 1.54) is 23.0 Å². The summed E-state index contributed by atoms with van der Waals surface area (Å²) in [6, 6.07) is 10.5. The first-order valence-electron chi connectivity index (χ1n) is 10.9. The van der Waals surface area contributed by atoms with Crippen molar-refractivity contribution in [2.45, 2.75) is 39.0 Å². The molecule has 1 aromatic heterocycles. The van der Waals surface area contributed by atoms with Gasteiger partial charge in [-0.1, -0.05) is 43.4 Å². The third-order valence-electron chi connectivity index (χ3n) is 5.86. The molecule has 1 saturated heterocycles. The van der Waals surface area contributed by atoms with Gasteiger partial charge in [-0.3, -0.25) is 4.79 Å². The van der Waals surface area contributed by atoms with E-state index in [1.807, 2.05) is 6.92 Å². The van der Waals surface area contributed by atoms with Crippen LogP contribution in [0.4, 0.5) is 5.13 Å². The van der Waals surface area contributed by atoms with Gasteiger partial charge in [-0.05, 0) is 61.4 Å². The van der Waals surface area contributed by atoms with E-state index in [4.69, 9.17) is 0 Å². The van der Waals surface area contributed by atoms with E-state index in [1.54, 1.807) is 22.5 Å². The van der Waals surface area contributed by atoms with Gasteiger partial charge < -0.3 is 5.32 Å². The number of carbonyl (C=O) groups is 1. The summed E-state index contributed by atoms with van der Waals surface area (Å²) in [5.74, 6) is 0.474. The van der Waals surface area contributed by atoms with Gasteiger partial charge in [0.1, 0.15) is 0 Å². The summed E-state index contributed by atoms with van der Waals surface area (Å²) < 4.78 is 29.0. The Labute approximate surface area is 193 Å². The Morgan fingerprint density at radius 3 is 2.59 bits per heavy atom. The Morgan fingerprint density at radius 2 is 1.88 bits per heavy atom. The zero-order valence-corrected chi connectivity index (χ0v) is 20.5. The van der Waals surface area contributed by atoms with Crippen LogP contribution >= 0.6 is 11.3 Å². The molecule has 1 aliphatic heterocycles. The van der Waals surface area contributed by atoms with E-state index < -0.39 is 10.0 Å². The van der Waals surface area contributed by atoms with Crippen molar-refractivity contribution >= 4 is 42.5 Å². The Bertz CT molecular complexity index is 1260. The molecule has 2 heterocycles. The molecular weight excluding hydrogens is 442 g/mol. The van der Waals surface area contributed by atoms with Crippen molar-refractivity contribution in [3.63, 3.8) is 0 Å². The number of benzene rings is 2. The van der Waals surface area contributed by atoms with Crippen LogP contribution in [0.2, 0.25) is 0 Å². The number of hydrogen-bond donors (Lipinski definition) is 1. The van der Waals surface area contributed by atoms with Gasteiger partial charge in [0.05, 0.1) is 21.7 Å². The predicted molar refractivity (Wildman–Crippen MR) is 130 cm³/mol. The van der Waals surface area contributed by atoms with Crippen LogP contribution < -0.4 is 5.32 Å². The molecule has 4 rings (SSSR count). The maximum atomic E-state index is 13.2. The first-order chi connectivity index (χ1) is 15.1. The van der Waals surface area contributed by atoms with Gasteiger partial charge in [0, 0.05) is 18.7 Å². The van der Waals surface area contributed by atoms with Crippen LogP contribution in [0, 0.1) is 25.7 Å². The van der Waals surface area contributed by atoms with Gasteiger partial charge >= 0.3 is 0 Å². The van der Waals surface area contributed by atoms with Crippen LogP contribution in [0.5, 0.6) is 0 Å². The molecule has 3 aromatic rings. The molecule has 0 aliphatic carbocycles. The first kappa shape index (κ1) is 22.9. The number of ketones is 1. The van der Waals surface area contributed by atoms with Gasteiger partial charge in [0.2, 0.25) is 10.0 Å². The van der Waals surface area contributed by atoms with Crippen molar-refractivity contribution in [3.05, 3.63) is 53.1 Å². The summed E-state index contributed by atoms with van der Waals surface area (Å²) in [5.41, 5.74) is 3.60. The number of carbonyl (C=O) groups excluding carboxylic acids is 1. The number of rotatable bonds is 6. The van der Waals surface area contributed by atoms with Crippen LogP contribution in [0.1, 0.15) is 41.8 Å². The molecule has 32 heavy (non-hydrogen) atoms. The highest BCUT2D eigenvalue weighted by molar-refractivity contribution is 7.89. The molecule has 1 fully saturated rings. The number of aryl methyl sites for hydroxylation is 2. The fourth-order valence-electron chi connectivity index (χ4n) is 4.49. The third kappa shape index (κ3) is 4.72. The van der Waals surface area contributed by atoms with Crippen molar-refractivity contribution in [3.8, 4) is 0 Å². The average Bonchev–Trinajstić information content (AvgIpc) is 3.14. The number of fused-ring (bicyclic) bond motifs is 1. The summed E-state index contributed by atoms with van der Waals surface area (Å²) in [5, 5.41) is 3.79. The van der Waals surface area contributed by atoms with E-state index >= 15 is 0 Å². The lowest BCUT2D eigenvalue weighted by molar-refractivity contribution is 0.101. The maximum absolute atomic E-state index is 13.2. The highest BCUT2D eigenvalue weighted by Crippen LogP contribution is 2.30. The molecule has 2 aromatic carbocycles. The molecule has 1 N–H and O–H groups in total. The molecule has 170 valence electrons. The zero-order chi connectivity index (χ0) is 23.0. The number of piperidine rings is 1. The smallest absolute Gasteiger partial charge is 0.243 e. The normalized spacial score (nSPS) is 19.9. The van der Waals surface area contributed by atoms with Gasteiger partial charge in [-0.2, -0.15) is 4.31 Å². The summed E-state index contributed by atoms with van der Waals surface area (Å²) in [6.07, 6.45) is 1.03. The standard InChI is InChI=1S/C24H29N3O3S2/c1-15-9-18(4)23-22(10-15)31-24(26-23)25-12-21(28)19-6-5-7-20(11-19)32(29,30)27-13-16(2)8-17(3)14-27/h5-7,9-11,16-17H,8,12-14H2,1-4H3,(H,25,26). The number of thiazole rings is 1. The summed E-state index contributed by atoms with van der Waals surface area (Å²) >= 11 is 1.51. The summed E-state index contributed by atoms with van der Waals surface area (Å²) in [4.78, 5) is 17.6. The number of aromatic nitrogens is 1. The maximum Gasteiger partial charge on any atom is 0.243 e. The van der Waals surface area contributed by atoms with Crippen molar-refractivity contribution < 1.29 is 13.2 Å². The van der Waals surface area contributed by atoms with Crippen LogP contribution in [-0.4, -0.2) is 43.1 Å². The molecule has 0 amide bonds. The van der Waals surface area contributed by atoms with Crippen LogP contribution in [0.3, 0.4) is 0 Å². The van der Waals surface area contributed by atoms with E-state index in [-0.39, 0.29) is 17.2 Å². The van der Waals surface area contributed by atoms with Crippen LogP contribution in [0.15, 0.2) is 41.3 Å². The predicted octanol–water partition coefficient (Wildman–Crippen LogP) is 4.87. The molecule has 0 bridgehead atoms. The van der Waals surface area contributed by atoms with Crippen LogP contribution in [0.25, 0.3) is 10.2 Å². The topological polar surface area (TPSA) is 79.4 Å². The molecule has 1 aliphatic rings. The number of anilines is 1. The molecule has 0 spiro atoms. The first-order valence-corrected chi connectivity index (χ1v) is 13.1. The Balaban J connectivity index is 1.49. The summed E-state index contributed by atoms with van der Waals surface area (Å²) in [6.45, 7) is 9.32. The van der Waals surface area contributed by atoms with Crippen molar-refractivity contribution in [1.29, 1.82) is 0 Å². The monoisotopic (exact) mass is 471 g/mol. The fourth-order valence-corrected chi connectivity index (χ4v) is 7.25. The molecule has 8 heteroatoms. The van der Waals surface area contributed by atoms with Gasteiger partial charge in [0.25, 0.3) is 0 Å². The number of sulfonamides is 1. The second-order valence-electron chi connectivity index (χ2n) is 9.02. The van der Waals surface area contributed by atoms with Crippen molar-refractivity contribution in [2.75, 3.05) is 25.0 Å². The minimum atomic E-state index is -3.63. The van der Waals surface area contributed by atoms with Crippen LogP contribution in [-0.2, 0) is 10.0 Å². The van der Waals surface area contributed by atoms with Gasteiger partial charge in [-0.25, -0.2) is 13.4 Å². The third-order valence-corrected chi connectivity index (χ3v) is 8.65. The number of nitrogens with zero attached hydrogens (tertiary/aromatic N) is 2. The fraction of sp³-hybridized carbons (Fsp3) is 0.417. The lowest BCUT2D eigenvalue weighted by Gasteiger charge is -2.34. The number of hydrogen-bond acceptors (Lipinski definition) is 6. The Morgan fingerprint density at radius 1 is 1.16 bits per heavy atom. The quantitative estimate of drug-likeness (QED) is 0.519. The Kier molecular flexibility index (Phi) is 6.38. The zero-order valence-electron chi connectivity index (χ0n) is 18.9. The second kappa shape index (κ2) is 8.92. The Hall–Kier alpha value is -2.29. The van der Waals surface area contributed by atoms with E-state index in [2.05, 4.69) is 43.2 Å². The largest absolute Gasteiger partial charge is 0.354 e. The minimum absolute atomic E-state index is 0.0547.